The SMILES string of the molecule is CCC[NH+](CC(=O)NCCc1ccc(C(C)C)cc1)Cc1nnc(-c2cccs2)o1. The number of hydrogen-bond donors (Lipinski definition) is 2. The molecule has 1 amide bonds. The van der Waals surface area contributed by atoms with Crippen LogP contribution in [0.15, 0.2) is 46.2 Å². The fourth-order valence-electron chi connectivity index (χ4n) is 3.34. The lowest BCUT2D eigenvalue weighted by atomic mass is 10.0. The van der Waals surface area contributed by atoms with Crippen LogP contribution < -0.4 is 10.2 Å². The normalized spacial score (nSPS) is 12.3. The summed E-state index contributed by atoms with van der Waals surface area (Å²) in [6, 6.07) is 12.6. The lowest BCUT2D eigenvalue weighted by molar-refractivity contribution is -0.907. The first-order valence-corrected chi connectivity index (χ1v) is 11.5. The number of hydrogen-bond acceptors (Lipinski definition) is 5. The van der Waals surface area contributed by atoms with E-state index >= 15 is 0 Å². The largest absolute Gasteiger partial charge is 0.414 e. The second-order valence-corrected chi connectivity index (χ2v) is 8.78. The van der Waals surface area contributed by atoms with Crippen molar-refractivity contribution in [3.05, 3.63) is 58.8 Å². The molecule has 0 aliphatic rings. The average Bonchev–Trinajstić information content (AvgIpc) is 3.40. The predicted octanol–water partition coefficient (Wildman–Crippen LogP) is 3.08. The number of aromatic nitrogens is 2. The van der Waals surface area contributed by atoms with Gasteiger partial charge in [0.25, 0.3) is 17.7 Å². The molecule has 3 aromatic rings. The Morgan fingerprint density at radius 2 is 2.00 bits per heavy atom. The Bertz CT molecular complexity index is 904. The summed E-state index contributed by atoms with van der Waals surface area (Å²) in [5.41, 5.74) is 2.58. The molecular formula is C23H31N4O2S+. The molecule has 0 saturated carbocycles. The zero-order chi connectivity index (χ0) is 21.3. The van der Waals surface area contributed by atoms with Crippen molar-refractivity contribution >= 4 is 17.2 Å². The maximum atomic E-state index is 12.4. The van der Waals surface area contributed by atoms with Gasteiger partial charge in [0.2, 0.25) is 0 Å². The van der Waals surface area contributed by atoms with Gasteiger partial charge in [0.05, 0.1) is 11.4 Å². The maximum absolute atomic E-state index is 12.4. The molecule has 0 fully saturated rings. The summed E-state index contributed by atoms with van der Waals surface area (Å²) in [7, 11) is 0. The monoisotopic (exact) mass is 427 g/mol. The lowest BCUT2D eigenvalue weighted by Gasteiger charge is -2.16. The van der Waals surface area contributed by atoms with Crippen molar-refractivity contribution in [2.75, 3.05) is 19.6 Å². The van der Waals surface area contributed by atoms with Crippen LogP contribution in [0.2, 0.25) is 0 Å². The third-order valence-electron chi connectivity index (χ3n) is 5.00. The molecule has 30 heavy (non-hydrogen) atoms. The van der Waals surface area contributed by atoms with E-state index in [9.17, 15) is 4.79 Å². The minimum atomic E-state index is 0.0512. The van der Waals surface area contributed by atoms with E-state index in [1.807, 2.05) is 17.5 Å². The Balaban J connectivity index is 1.46. The summed E-state index contributed by atoms with van der Waals surface area (Å²) < 4.78 is 5.79. The van der Waals surface area contributed by atoms with Crippen LogP contribution in [0.1, 0.15) is 50.1 Å². The highest BCUT2D eigenvalue weighted by molar-refractivity contribution is 7.13. The van der Waals surface area contributed by atoms with Crippen molar-refractivity contribution in [2.45, 2.75) is 46.1 Å². The molecule has 1 aromatic carbocycles. The highest BCUT2D eigenvalue weighted by Crippen LogP contribution is 2.22. The van der Waals surface area contributed by atoms with Gasteiger partial charge < -0.3 is 14.6 Å². The Morgan fingerprint density at radius 3 is 2.67 bits per heavy atom. The predicted molar refractivity (Wildman–Crippen MR) is 120 cm³/mol. The van der Waals surface area contributed by atoms with Crippen molar-refractivity contribution in [1.29, 1.82) is 0 Å². The summed E-state index contributed by atoms with van der Waals surface area (Å²) in [6.07, 6.45) is 1.82. The zero-order valence-electron chi connectivity index (χ0n) is 18.0. The topological polar surface area (TPSA) is 72.5 Å². The van der Waals surface area contributed by atoms with Crippen LogP contribution >= 0.6 is 11.3 Å². The first-order valence-electron chi connectivity index (χ1n) is 10.6. The summed E-state index contributed by atoms with van der Waals surface area (Å²) in [5, 5.41) is 13.3. The van der Waals surface area contributed by atoms with Crippen molar-refractivity contribution in [2.24, 2.45) is 0 Å². The minimum absolute atomic E-state index is 0.0512. The molecule has 7 heteroatoms. The van der Waals surface area contributed by atoms with Crippen LogP contribution in [0.25, 0.3) is 10.8 Å². The number of carbonyl (C=O) groups excluding carboxylic acids is 1. The molecule has 0 aliphatic heterocycles. The van der Waals surface area contributed by atoms with Crippen molar-refractivity contribution < 1.29 is 14.1 Å². The van der Waals surface area contributed by atoms with E-state index in [0.717, 1.165) is 29.2 Å². The van der Waals surface area contributed by atoms with Crippen molar-refractivity contribution in [3.63, 3.8) is 0 Å². The Labute approximate surface area is 182 Å². The molecule has 2 N–H and O–H groups in total. The smallest absolute Gasteiger partial charge is 0.275 e. The zero-order valence-corrected chi connectivity index (χ0v) is 18.8. The second-order valence-electron chi connectivity index (χ2n) is 7.83. The van der Waals surface area contributed by atoms with E-state index in [1.165, 1.54) is 11.1 Å². The van der Waals surface area contributed by atoms with Gasteiger partial charge in [-0.25, -0.2) is 0 Å². The first-order chi connectivity index (χ1) is 14.5. The molecule has 0 bridgehead atoms. The summed E-state index contributed by atoms with van der Waals surface area (Å²) in [5.74, 6) is 1.70. The number of benzene rings is 1. The van der Waals surface area contributed by atoms with Crippen LogP contribution in [0.4, 0.5) is 0 Å². The van der Waals surface area contributed by atoms with Crippen LogP contribution in [0.5, 0.6) is 0 Å². The third-order valence-corrected chi connectivity index (χ3v) is 5.85. The number of rotatable bonds is 11. The molecule has 0 radical (unpaired) electrons. The molecule has 2 aromatic heterocycles. The molecule has 0 aliphatic carbocycles. The van der Waals surface area contributed by atoms with Gasteiger partial charge in [0.15, 0.2) is 13.1 Å². The van der Waals surface area contributed by atoms with E-state index < -0.39 is 0 Å². The van der Waals surface area contributed by atoms with Crippen LogP contribution in [-0.4, -0.2) is 35.7 Å². The fraction of sp³-hybridized carbons (Fsp3) is 0.435. The third kappa shape index (κ3) is 6.50. The van der Waals surface area contributed by atoms with E-state index in [2.05, 4.69) is 60.6 Å². The van der Waals surface area contributed by atoms with Gasteiger partial charge in [0.1, 0.15) is 0 Å². The van der Waals surface area contributed by atoms with Crippen molar-refractivity contribution in [1.82, 2.24) is 15.5 Å². The van der Waals surface area contributed by atoms with Crippen LogP contribution in [0.3, 0.4) is 0 Å². The molecule has 3 rings (SSSR count). The molecular weight excluding hydrogens is 396 g/mol. The quantitative estimate of drug-likeness (QED) is 0.493. The second kappa shape index (κ2) is 11.0. The average molecular weight is 428 g/mol. The van der Waals surface area contributed by atoms with Gasteiger partial charge in [-0.2, -0.15) is 0 Å². The van der Waals surface area contributed by atoms with Crippen molar-refractivity contribution in [3.8, 4) is 10.8 Å². The Morgan fingerprint density at radius 1 is 1.20 bits per heavy atom. The molecule has 160 valence electrons. The van der Waals surface area contributed by atoms with Gasteiger partial charge in [0, 0.05) is 6.54 Å². The number of amides is 1. The first kappa shape index (κ1) is 22.2. The fourth-order valence-corrected chi connectivity index (χ4v) is 3.98. The van der Waals surface area contributed by atoms with E-state index in [-0.39, 0.29) is 5.91 Å². The number of nitrogens with zero attached hydrogens (tertiary/aromatic N) is 2. The number of nitrogens with one attached hydrogen (secondary N) is 2. The molecule has 0 saturated heterocycles. The van der Waals surface area contributed by atoms with Gasteiger partial charge in [-0.05, 0) is 41.3 Å². The Kier molecular flexibility index (Phi) is 8.16. The van der Waals surface area contributed by atoms with Crippen LogP contribution in [0, 0.1) is 0 Å². The molecule has 2 heterocycles. The standard InChI is InChI=1S/C23H30N4O2S/c1-4-13-27(16-22-25-26-23(29-22)20-6-5-14-30-20)15-21(28)24-12-11-18-7-9-19(10-8-18)17(2)3/h5-10,14,17H,4,11-13,15-16H2,1-3H3,(H,24,28)/p+1. The maximum Gasteiger partial charge on any atom is 0.275 e. The van der Waals surface area contributed by atoms with Gasteiger partial charge in [-0.15, -0.1) is 21.5 Å². The Hall–Kier alpha value is -2.51. The number of thiophene rings is 1. The van der Waals surface area contributed by atoms with Gasteiger partial charge in [-0.3, -0.25) is 4.79 Å². The minimum Gasteiger partial charge on any atom is -0.414 e. The number of quaternary nitrogens is 1. The highest BCUT2D eigenvalue weighted by atomic mass is 32.1. The number of carbonyl (C=O) groups is 1. The summed E-state index contributed by atoms with van der Waals surface area (Å²) in [4.78, 5) is 14.5. The molecule has 1 unspecified atom stereocenters. The summed E-state index contributed by atoms with van der Waals surface area (Å²) in [6.45, 7) is 8.97. The summed E-state index contributed by atoms with van der Waals surface area (Å²) >= 11 is 1.57. The molecule has 1 atom stereocenters. The lowest BCUT2D eigenvalue weighted by Crippen LogP contribution is -3.12. The molecule has 0 spiro atoms. The van der Waals surface area contributed by atoms with Gasteiger partial charge in [-0.1, -0.05) is 51.1 Å². The van der Waals surface area contributed by atoms with Gasteiger partial charge >= 0.3 is 0 Å². The van der Waals surface area contributed by atoms with Crippen LogP contribution in [-0.2, 0) is 17.8 Å². The van der Waals surface area contributed by atoms with E-state index in [4.69, 9.17) is 4.42 Å². The van der Waals surface area contributed by atoms with E-state index in [1.54, 1.807) is 11.3 Å². The van der Waals surface area contributed by atoms with E-state index in [0.29, 0.717) is 37.3 Å². The highest BCUT2D eigenvalue weighted by Gasteiger charge is 2.18. The molecule has 6 nitrogen and oxygen atoms in total.